The second kappa shape index (κ2) is 11.5. The van der Waals surface area contributed by atoms with Crippen molar-refractivity contribution in [2.75, 3.05) is 13.1 Å². The number of nitrogens with one attached hydrogen (secondary N) is 2. The number of likely N-dealkylation sites (tertiary alicyclic amines) is 1. The van der Waals surface area contributed by atoms with Crippen LogP contribution < -0.4 is 10.6 Å². The third-order valence-corrected chi connectivity index (χ3v) is 6.00. The lowest BCUT2D eigenvalue weighted by Gasteiger charge is -2.30. The molecule has 0 bridgehead atoms. The molecule has 9 heteroatoms. The van der Waals surface area contributed by atoms with E-state index in [1.165, 1.54) is 18.2 Å². The summed E-state index contributed by atoms with van der Waals surface area (Å²) in [5.74, 6) is 0.0971. The van der Waals surface area contributed by atoms with E-state index in [-0.39, 0.29) is 37.2 Å². The van der Waals surface area contributed by atoms with Gasteiger partial charge in [0.2, 0.25) is 5.91 Å². The number of terminal acetylenes is 1. The highest BCUT2D eigenvalue weighted by Gasteiger charge is 2.43. The number of hydrogen-bond donors (Lipinski definition) is 4. The summed E-state index contributed by atoms with van der Waals surface area (Å²) < 4.78 is 14.2. The van der Waals surface area contributed by atoms with Gasteiger partial charge >= 0.3 is 0 Å². The molecule has 2 aromatic carbocycles. The van der Waals surface area contributed by atoms with E-state index < -0.39 is 42.1 Å². The Morgan fingerprint density at radius 3 is 2.60 bits per heavy atom. The van der Waals surface area contributed by atoms with Crippen molar-refractivity contribution in [3.05, 3.63) is 65.2 Å². The number of amides is 3. The maximum Gasteiger partial charge on any atom is 0.254 e. The fourth-order valence-corrected chi connectivity index (χ4v) is 4.10. The molecule has 4 N–H and O–H groups in total. The number of aliphatic hydroxyl groups is 1. The van der Waals surface area contributed by atoms with Gasteiger partial charge in [0, 0.05) is 17.5 Å². The predicted molar refractivity (Wildman–Crippen MR) is 127 cm³/mol. The number of phenolic OH excluding ortho intramolecular Hbond substituents is 1. The topological polar surface area (TPSA) is 119 Å². The van der Waals surface area contributed by atoms with Crippen LogP contribution in [0.25, 0.3) is 0 Å². The first-order valence-corrected chi connectivity index (χ1v) is 11.2. The molecule has 0 spiro atoms. The number of halogens is 1. The average molecular weight is 482 g/mol. The number of benzene rings is 2. The normalized spacial score (nSPS) is 18.9. The minimum atomic E-state index is -1.76. The zero-order valence-corrected chi connectivity index (χ0v) is 19.3. The molecule has 184 valence electrons. The van der Waals surface area contributed by atoms with Gasteiger partial charge in [0.25, 0.3) is 11.8 Å². The molecule has 8 nitrogen and oxygen atoms in total. The summed E-state index contributed by atoms with van der Waals surface area (Å²) >= 11 is 0. The van der Waals surface area contributed by atoms with Crippen LogP contribution in [0.5, 0.6) is 5.75 Å². The number of phenols is 1. The number of aliphatic hydroxyl groups excluding tert-OH is 1. The van der Waals surface area contributed by atoms with Gasteiger partial charge in [0.15, 0.2) is 6.10 Å². The Bertz CT molecular complexity index is 1120. The van der Waals surface area contributed by atoms with Crippen LogP contribution in [0.3, 0.4) is 0 Å². The van der Waals surface area contributed by atoms with E-state index in [9.17, 15) is 29.0 Å². The Hall–Kier alpha value is -3.90. The van der Waals surface area contributed by atoms with Gasteiger partial charge in [0.1, 0.15) is 18.0 Å². The van der Waals surface area contributed by atoms with E-state index in [1.54, 1.807) is 37.3 Å². The van der Waals surface area contributed by atoms with Gasteiger partial charge < -0.3 is 25.7 Å². The number of aromatic hydroxyl groups is 1. The molecule has 1 aliphatic heterocycles. The van der Waals surface area contributed by atoms with Crippen LogP contribution in [-0.2, 0) is 16.0 Å². The monoisotopic (exact) mass is 481 g/mol. The molecule has 0 aliphatic carbocycles. The second-order valence-corrected chi connectivity index (χ2v) is 8.43. The summed E-state index contributed by atoms with van der Waals surface area (Å²) in [5.41, 5.74) is 1.26. The third kappa shape index (κ3) is 6.16. The van der Waals surface area contributed by atoms with E-state index >= 15 is 0 Å². The van der Waals surface area contributed by atoms with Crippen LogP contribution >= 0.6 is 0 Å². The van der Waals surface area contributed by atoms with Crippen molar-refractivity contribution in [2.24, 2.45) is 0 Å². The molecule has 3 amide bonds. The van der Waals surface area contributed by atoms with E-state index in [1.807, 2.05) is 0 Å². The highest BCUT2D eigenvalue weighted by atomic mass is 19.1. The average Bonchev–Trinajstić information content (AvgIpc) is 3.25. The van der Waals surface area contributed by atoms with Gasteiger partial charge in [-0.3, -0.25) is 14.4 Å². The lowest BCUT2D eigenvalue weighted by Crippen LogP contribution is -2.55. The molecule has 4 unspecified atom stereocenters. The molecular weight excluding hydrogens is 453 g/mol. The Morgan fingerprint density at radius 1 is 1.20 bits per heavy atom. The molecule has 4 atom stereocenters. The standard InChI is InChI=1S/C26H28FN3O5/c1-3-12-28-25(34)21-14-18(27)15-30(21)26(35)23(32)20(13-17-8-5-4-6-9-17)29-24(33)19-10-7-11-22(31)16(19)2/h1,4-11,18,20-21,23,31-32H,12-15H2,2H3,(H,28,34)(H,29,33). The molecule has 3 rings (SSSR count). The Kier molecular flexibility index (Phi) is 8.44. The summed E-state index contributed by atoms with van der Waals surface area (Å²) in [4.78, 5) is 39.7. The van der Waals surface area contributed by atoms with E-state index in [4.69, 9.17) is 6.42 Å². The first-order valence-electron chi connectivity index (χ1n) is 11.2. The Balaban J connectivity index is 1.85. The quantitative estimate of drug-likeness (QED) is 0.421. The largest absolute Gasteiger partial charge is 0.508 e. The molecule has 1 saturated heterocycles. The smallest absolute Gasteiger partial charge is 0.254 e. The van der Waals surface area contributed by atoms with Crippen molar-refractivity contribution < 1.29 is 29.0 Å². The molecule has 1 heterocycles. The fraction of sp³-hybridized carbons (Fsp3) is 0.346. The van der Waals surface area contributed by atoms with Crippen LogP contribution in [0.1, 0.15) is 27.9 Å². The van der Waals surface area contributed by atoms with Crippen LogP contribution in [0.4, 0.5) is 4.39 Å². The fourth-order valence-electron chi connectivity index (χ4n) is 4.10. The van der Waals surface area contributed by atoms with Gasteiger partial charge in [0.05, 0.1) is 19.1 Å². The van der Waals surface area contributed by atoms with E-state index in [0.717, 1.165) is 10.5 Å². The van der Waals surface area contributed by atoms with Crippen LogP contribution in [0.2, 0.25) is 0 Å². The zero-order valence-electron chi connectivity index (χ0n) is 19.3. The first kappa shape index (κ1) is 25.7. The molecule has 0 aromatic heterocycles. The van der Waals surface area contributed by atoms with Gasteiger partial charge in [-0.2, -0.15) is 0 Å². The minimum absolute atomic E-state index is 0.0687. The number of carbonyl (C=O) groups is 3. The van der Waals surface area contributed by atoms with Crippen LogP contribution in [-0.4, -0.2) is 70.3 Å². The van der Waals surface area contributed by atoms with Gasteiger partial charge in [-0.25, -0.2) is 4.39 Å². The molecular formula is C26H28FN3O5. The number of carbonyl (C=O) groups excluding carboxylic acids is 3. The molecule has 2 aromatic rings. The summed E-state index contributed by atoms with van der Waals surface area (Å²) in [6.07, 6.45) is 1.84. The number of nitrogens with zero attached hydrogens (tertiary/aromatic N) is 1. The summed E-state index contributed by atoms with van der Waals surface area (Å²) in [5, 5.41) is 26.1. The van der Waals surface area contributed by atoms with Gasteiger partial charge in [-0.15, -0.1) is 6.42 Å². The number of rotatable bonds is 8. The highest BCUT2D eigenvalue weighted by molar-refractivity contribution is 5.97. The number of hydrogen-bond acceptors (Lipinski definition) is 5. The van der Waals surface area contributed by atoms with Crippen LogP contribution in [0, 0.1) is 19.3 Å². The summed E-state index contributed by atoms with van der Waals surface area (Å²) in [6.45, 7) is 1.14. The van der Waals surface area contributed by atoms with Crippen molar-refractivity contribution in [3.63, 3.8) is 0 Å². The molecule has 35 heavy (non-hydrogen) atoms. The second-order valence-electron chi connectivity index (χ2n) is 8.43. The molecule has 1 fully saturated rings. The lowest BCUT2D eigenvalue weighted by molar-refractivity contribution is -0.146. The minimum Gasteiger partial charge on any atom is -0.508 e. The van der Waals surface area contributed by atoms with Crippen molar-refractivity contribution in [2.45, 2.75) is 44.1 Å². The summed E-state index contributed by atoms with van der Waals surface area (Å²) in [7, 11) is 0. The lowest BCUT2D eigenvalue weighted by atomic mass is 9.98. The zero-order chi connectivity index (χ0) is 25.5. The first-order chi connectivity index (χ1) is 16.7. The van der Waals surface area contributed by atoms with Crippen molar-refractivity contribution in [1.82, 2.24) is 15.5 Å². The van der Waals surface area contributed by atoms with E-state index in [0.29, 0.717) is 5.56 Å². The Labute approximate surface area is 203 Å². The summed E-state index contributed by atoms with van der Waals surface area (Å²) in [6, 6.07) is 11.2. The maximum atomic E-state index is 14.2. The Morgan fingerprint density at radius 2 is 1.91 bits per heavy atom. The molecule has 1 aliphatic rings. The number of alkyl halides is 1. The predicted octanol–water partition coefficient (Wildman–Crippen LogP) is 1.09. The third-order valence-electron chi connectivity index (χ3n) is 6.00. The van der Waals surface area contributed by atoms with E-state index in [2.05, 4.69) is 16.6 Å². The van der Waals surface area contributed by atoms with Gasteiger partial charge in [-0.1, -0.05) is 42.3 Å². The SMILES string of the molecule is C#CCNC(=O)C1CC(F)CN1C(=O)C(O)C(Cc1ccccc1)NC(=O)c1cccc(O)c1C. The van der Waals surface area contributed by atoms with Crippen LogP contribution in [0.15, 0.2) is 48.5 Å². The van der Waals surface area contributed by atoms with Crippen molar-refractivity contribution >= 4 is 17.7 Å². The molecule has 0 saturated carbocycles. The highest BCUT2D eigenvalue weighted by Crippen LogP contribution is 2.24. The van der Waals surface area contributed by atoms with Gasteiger partial charge in [-0.05, 0) is 31.0 Å². The maximum absolute atomic E-state index is 14.2. The van der Waals surface area contributed by atoms with Crippen molar-refractivity contribution in [3.8, 4) is 18.1 Å². The van der Waals surface area contributed by atoms with Crippen molar-refractivity contribution in [1.29, 1.82) is 0 Å². The molecule has 0 radical (unpaired) electrons.